The molecule has 0 aromatic heterocycles. The van der Waals surface area contributed by atoms with Gasteiger partial charge in [0, 0.05) is 15.9 Å². The Morgan fingerprint density at radius 2 is 2.33 bits per heavy atom. The minimum Gasteiger partial charge on any atom is -0.325 e. The maximum absolute atomic E-state index is 11.9. The van der Waals surface area contributed by atoms with E-state index in [2.05, 4.69) is 33.4 Å². The van der Waals surface area contributed by atoms with Gasteiger partial charge in [-0.2, -0.15) is 0 Å². The number of anilines is 1. The zero-order valence-corrected chi connectivity index (χ0v) is 12.5. The standard InChI is InChI=1S/C14H15BrClNO/c1-9-6-11(15)13(8-12(9)16)17-14(18)7-10-4-2-3-5-10/h2,4,6,8,10H,3,5,7H2,1H3,(H,17,18). The van der Waals surface area contributed by atoms with Crippen LogP contribution in [0.5, 0.6) is 0 Å². The molecule has 1 unspecified atom stereocenters. The summed E-state index contributed by atoms with van der Waals surface area (Å²) < 4.78 is 0.861. The Morgan fingerprint density at radius 3 is 3.00 bits per heavy atom. The molecule has 1 aliphatic rings. The van der Waals surface area contributed by atoms with E-state index in [0.29, 0.717) is 17.4 Å². The maximum Gasteiger partial charge on any atom is 0.224 e. The highest BCUT2D eigenvalue weighted by molar-refractivity contribution is 9.10. The van der Waals surface area contributed by atoms with Crippen LogP contribution in [0.3, 0.4) is 0 Å². The van der Waals surface area contributed by atoms with Crippen LogP contribution in [-0.2, 0) is 4.79 Å². The number of hydrogen-bond donors (Lipinski definition) is 1. The summed E-state index contributed by atoms with van der Waals surface area (Å²) in [5.41, 5.74) is 1.72. The highest BCUT2D eigenvalue weighted by Crippen LogP contribution is 2.30. The van der Waals surface area contributed by atoms with Gasteiger partial charge in [-0.05, 0) is 59.3 Å². The number of amides is 1. The molecule has 18 heavy (non-hydrogen) atoms. The first kappa shape index (κ1) is 13.6. The molecule has 0 saturated carbocycles. The number of carbonyl (C=O) groups is 1. The van der Waals surface area contributed by atoms with Crippen molar-refractivity contribution in [1.82, 2.24) is 0 Å². The van der Waals surface area contributed by atoms with E-state index in [9.17, 15) is 4.79 Å². The molecule has 1 N–H and O–H groups in total. The van der Waals surface area contributed by atoms with E-state index in [0.717, 1.165) is 28.6 Å². The molecule has 1 amide bonds. The van der Waals surface area contributed by atoms with Crippen molar-refractivity contribution in [3.05, 3.63) is 39.3 Å². The summed E-state index contributed by atoms with van der Waals surface area (Å²) in [6.07, 6.45) is 6.95. The summed E-state index contributed by atoms with van der Waals surface area (Å²) in [5.74, 6) is 0.414. The molecule has 0 fully saturated rings. The zero-order chi connectivity index (χ0) is 13.1. The number of allylic oxidation sites excluding steroid dienone is 2. The van der Waals surface area contributed by atoms with Gasteiger partial charge in [0.15, 0.2) is 0 Å². The van der Waals surface area contributed by atoms with Crippen molar-refractivity contribution in [2.75, 3.05) is 5.32 Å². The predicted octanol–water partition coefficient (Wildman–Crippen LogP) is 4.71. The summed E-state index contributed by atoms with van der Waals surface area (Å²) in [5, 5.41) is 3.56. The molecule has 4 heteroatoms. The molecule has 2 rings (SSSR count). The number of nitrogens with one attached hydrogen (secondary N) is 1. The maximum atomic E-state index is 11.9. The lowest BCUT2D eigenvalue weighted by atomic mass is 10.1. The molecule has 1 aromatic rings. The van der Waals surface area contributed by atoms with E-state index < -0.39 is 0 Å². The Bertz CT molecular complexity index is 499. The molecular weight excluding hydrogens is 314 g/mol. The predicted molar refractivity (Wildman–Crippen MR) is 79.0 cm³/mol. The van der Waals surface area contributed by atoms with Gasteiger partial charge in [-0.1, -0.05) is 23.8 Å². The van der Waals surface area contributed by atoms with Gasteiger partial charge in [0.1, 0.15) is 0 Å². The van der Waals surface area contributed by atoms with Gasteiger partial charge in [0.2, 0.25) is 5.91 Å². The Morgan fingerprint density at radius 1 is 1.56 bits per heavy atom. The summed E-state index contributed by atoms with van der Waals surface area (Å²) >= 11 is 9.49. The van der Waals surface area contributed by atoms with Crippen molar-refractivity contribution < 1.29 is 4.79 Å². The van der Waals surface area contributed by atoms with Crippen LogP contribution in [0.2, 0.25) is 5.02 Å². The van der Waals surface area contributed by atoms with E-state index in [1.807, 2.05) is 13.0 Å². The van der Waals surface area contributed by atoms with Crippen LogP contribution in [0.25, 0.3) is 0 Å². The van der Waals surface area contributed by atoms with Gasteiger partial charge in [-0.25, -0.2) is 0 Å². The second kappa shape index (κ2) is 5.89. The molecule has 0 bridgehead atoms. The quantitative estimate of drug-likeness (QED) is 0.800. The summed E-state index contributed by atoms with van der Waals surface area (Å²) in [7, 11) is 0. The van der Waals surface area contributed by atoms with Crippen molar-refractivity contribution in [3.63, 3.8) is 0 Å². The smallest absolute Gasteiger partial charge is 0.224 e. The molecule has 1 atom stereocenters. The summed E-state index contributed by atoms with van der Waals surface area (Å²) in [6.45, 7) is 1.93. The van der Waals surface area contributed by atoms with Crippen molar-refractivity contribution in [1.29, 1.82) is 0 Å². The Balaban J connectivity index is 2.02. The van der Waals surface area contributed by atoms with Crippen LogP contribution in [-0.4, -0.2) is 5.91 Å². The first-order chi connectivity index (χ1) is 8.56. The summed E-state index contributed by atoms with van der Waals surface area (Å²) in [6, 6.07) is 3.69. The van der Waals surface area contributed by atoms with Crippen molar-refractivity contribution in [2.24, 2.45) is 5.92 Å². The lowest BCUT2D eigenvalue weighted by Crippen LogP contribution is -2.15. The summed E-state index contributed by atoms with van der Waals surface area (Å²) in [4.78, 5) is 11.9. The fourth-order valence-electron chi connectivity index (χ4n) is 2.05. The number of hydrogen-bond acceptors (Lipinski definition) is 1. The van der Waals surface area contributed by atoms with Crippen molar-refractivity contribution in [2.45, 2.75) is 26.2 Å². The first-order valence-electron chi connectivity index (χ1n) is 5.98. The highest BCUT2D eigenvalue weighted by Gasteiger charge is 2.15. The van der Waals surface area contributed by atoms with Crippen molar-refractivity contribution in [3.8, 4) is 0 Å². The third-order valence-corrected chi connectivity index (χ3v) is 4.15. The van der Waals surface area contributed by atoms with Gasteiger partial charge in [-0.3, -0.25) is 4.79 Å². The minimum atomic E-state index is 0.0344. The Kier molecular flexibility index (Phi) is 4.46. The van der Waals surface area contributed by atoms with Crippen LogP contribution in [0.1, 0.15) is 24.8 Å². The fourth-order valence-corrected chi connectivity index (χ4v) is 2.77. The second-order valence-electron chi connectivity index (χ2n) is 4.60. The van der Waals surface area contributed by atoms with Crippen LogP contribution < -0.4 is 5.32 Å². The molecule has 0 spiro atoms. The molecule has 0 aliphatic heterocycles. The average Bonchev–Trinajstić information content (AvgIpc) is 2.78. The van der Waals surface area contributed by atoms with E-state index in [1.165, 1.54) is 0 Å². The highest BCUT2D eigenvalue weighted by atomic mass is 79.9. The number of carbonyl (C=O) groups excluding carboxylic acids is 1. The Labute approximate surface area is 121 Å². The molecule has 1 aromatic carbocycles. The number of aryl methyl sites for hydroxylation is 1. The molecule has 0 heterocycles. The fraction of sp³-hybridized carbons (Fsp3) is 0.357. The average molecular weight is 329 g/mol. The van der Waals surface area contributed by atoms with E-state index >= 15 is 0 Å². The number of benzene rings is 1. The van der Waals surface area contributed by atoms with E-state index in [-0.39, 0.29) is 5.91 Å². The number of halogens is 2. The molecule has 2 nitrogen and oxygen atoms in total. The number of rotatable bonds is 3. The third-order valence-electron chi connectivity index (χ3n) is 3.08. The van der Waals surface area contributed by atoms with E-state index in [1.54, 1.807) is 6.07 Å². The lowest BCUT2D eigenvalue weighted by molar-refractivity contribution is -0.116. The Hall–Kier alpha value is -0.800. The van der Waals surface area contributed by atoms with Gasteiger partial charge in [-0.15, -0.1) is 0 Å². The van der Waals surface area contributed by atoms with Gasteiger partial charge >= 0.3 is 0 Å². The first-order valence-corrected chi connectivity index (χ1v) is 7.15. The van der Waals surface area contributed by atoms with Crippen LogP contribution in [0.4, 0.5) is 5.69 Å². The lowest BCUT2D eigenvalue weighted by Gasteiger charge is -2.11. The van der Waals surface area contributed by atoms with Crippen molar-refractivity contribution >= 4 is 39.1 Å². The molecule has 0 saturated heterocycles. The minimum absolute atomic E-state index is 0.0344. The van der Waals surface area contributed by atoms with Gasteiger partial charge in [0.25, 0.3) is 0 Å². The molecule has 0 radical (unpaired) electrons. The van der Waals surface area contributed by atoms with Gasteiger partial charge < -0.3 is 5.32 Å². The topological polar surface area (TPSA) is 29.1 Å². The van der Waals surface area contributed by atoms with Crippen LogP contribution in [0, 0.1) is 12.8 Å². The van der Waals surface area contributed by atoms with Crippen LogP contribution in [0.15, 0.2) is 28.8 Å². The van der Waals surface area contributed by atoms with E-state index in [4.69, 9.17) is 11.6 Å². The SMILES string of the molecule is Cc1cc(Br)c(NC(=O)CC2C=CCC2)cc1Cl. The van der Waals surface area contributed by atoms with Crippen LogP contribution >= 0.6 is 27.5 Å². The molecular formula is C14H15BrClNO. The zero-order valence-electron chi connectivity index (χ0n) is 10.2. The normalized spacial score (nSPS) is 18.1. The largest absolute Gasteiger partial charge is 0.325 e. The second-order valence-corrected chi connectivity index (χ2v) is 5.86. The third kappa shape index (κ3) is 3.36. The van der Waals surface area contributed by atoms with Gasteiger partial charge in [0.05, 0.1) is 5.69 Å². The molecule has 1 aliphatic carbocycles. The molecule has 96 valence electrons. The monoisotopic (exact) mass is 327 g/mol.